The summed E-state index contributed by atoms with van der Waals surface area (Å²) in [4.78, 5) is 2.26. The topological polar surface area (TPSA) is 54.2 Å². The number of aromatic hydroxyl groups is 1. The van der Waals surface area contributed by atoms with E-state index in [-0.39, 0.29) is 0 Å². The third kappa shape index (κ3) is 2.26. The molecule has 1 aliphatic heterocycles. The van der Waals surface area contributed by atoms with Crippen molar-refractivity contribution in [2.24, 2.45) is 0 Å². The van der Waals surface area contributed by atoms with Crippen molar-refractivity contribution in [1.29, 1.82) is 0 Å². The molecule has 0 atom stereocenters. The van der Waals surface area contributed by atoms with Crippen molar-refractivity contribution < 1.29 is 5.11 Å². The zero-order valence-electron chi connectivity index (χ0n) is 9.75. The fraction of sp³-hybridized carbons (Fsp3) is 0.333. The third-order valence-corrected chi connectivity index (χ3v) is 3.65. The minimum absolute atomic E-state index is 0.338. The van der Waals surface area contributed by atoms with Crippen LogP contribution in [0.5, 0.6) is 5.75 Å². The van der Waals surface area contributed by atoms with E-state index >= 15 is 0 Å². The van der Waals surface area contributed by atoms with Gasteiger partial charge in [0.15, 0.2) is 0 Å². The van der Waals surface area contributed by atoms with Gasteiger partial charge in [0.05, 0.1) is 6.54 Å². The van der Waals surface area contributed by atoms with Gasteiger partial charge in [0, 0.05) is 29.7 Å². The van der Waals surface area contributed by atoms with Crippen molar-refractivity contribution in [2.75, 3.05) is 6.54 Å². The number of phenolic OH excluding ortho intramolecular Hbond substituents is 1. The fourth-order valence-corrected chi connectivity index (χ4v) is 2.58. The SMILES string of the molecule is Oc1ccc(Br)cc1CN1CCn2cnnc2C1. The number of fused-ring (bicyclic) bond motifs is 1. The maximum atomic E-state index is 9.84. The Balaban J connectivity index is 1.76. The molecule has 0 radical (unpaired) electrons. The molecule has 0 spiro atoms. The Labute approximate surface area is 113 Å². The molecule has 5 nitrogen and oxygen atoms in total. The summed E-state index contributed by atoms with van der Waals surface area (Å²) in [6.45, 7) is 3.33. The number of rotatable bonds is 2. The van der Waals surface area contributed by atoms with Gasteiger partial charge >= 0.3 is 0 Å². The van der Waals surface area contributed by atoms with E-state index in [4.69, 9.17) is 0 Å². The van der Waals surface area contributed by atoms with Gasteiger partial charge in [-0.15, -0.1) is 10.2 Å². The van der Waals surface area contributed by atoms with Crippen molar-refractivity contribution in [2.45, 2.75) is 19.6 Å². The lowest BCUT2D eigenvalue weighted by Gasteiger charge is -2.27. The number of aromatic nitrogens is 3. The highest BCUT2D eigenvalue weighted by Crippen LogP contribution is 2.24. The molecule has 0 bridgehead atoms. The lowest BCUT2D eigenvalue weighted by molar-refractivity contribution is 0.206. The molecule has 0 saturated heterocycles. The molecule has 0 fully saturated rings. The molecular weight excluding hydrogens is 296 g/mol. The Morgan fingerprint density at radius 1 is 1.33 bits per heavy atom. The van der Waals surface area contributed by atoms with Gasteiger partial charge < -0.3 is 9.67 Å². The second-order valence-electron chi connectivity index (χ2n) is 4.42. The van der Waals surface area contributed by atoms with Crippen LogP contribution < -0.4 is 0 Å². The van der Waals surface area contributed by atoms with Gasteiger partial charge in [0.2, 0.25) is 0 Å². The largest absolute Gasteiger partial charge is 0.508 e. The van der Waals surface area contributed by atoms with E-state index in [1.807, 2.05) is 12.1 Å². The van der Waals surface area contributed by atoms with Crippen LogP contribution in [-0.4, -0.2) is 31.3 Å². The van der Waals surface area contributed by atoms with Crippen molar-refractivity contribution in [3.63, 3.8) is 0 Å². The van der Waals surface area contributed by atoms with E-state index in [0.29, 0.717) is 5.75 Å². The van der Waals surface area contributed by atoms with E-state index in [2.05, 4.69) is 35.6 Å². The number of halogens is 1. The van der Waals surface area contributed by atoms with Crippen LogP contribution in [0.4, 0.5) is 0 Å². The predicted molar refractivity (Wildman–Crippen MR) is 69.9 cm³/mol. The molecule has 2 aromatic rings. The Kier molecular flexibility index (Phi) is 3.05. The minimum atomic E-state index is 0.338. The maximum absolute atomic E-state index is 9.84. The van der Waals surface area contributed by atoms with Crippen molar-refractivity contribution in [3.8, 4) is 5.75 Å². The lowest BCUT2D eigenvalue weighted by Crippen LogP contribution is -2.33. The van der Waals surface area contributed by atoms with Crippen molar-refractivity contribution in [3.05, 3.63) is 40.4 Å². The summed E-state index contributed by atoms with van der Waals surface area (Å²) in [5.41, 5.74) is 0.928. The van der Waals surface area contributed by atoms with Gasteiger partial charge in [0.1, 0.15) is 17.9 Å². The highest BCUT2D eigenvalue weighted by Gasteiger charge is 2.18. The van der Waals surface area contributed by atoms with Crippen molar-refractivity contribution >= 4 is 15.9 Å². The molecule has 0 saturated carbocycles. The first kappa shape index (κ1) is 11.7. The molecule has 0 aliphatic carbocycles. The summed E-state index contributed by atoms with van der Waals surface area (Å²) in [7, 11) is 0. The smallest absolute Gasteiger partial charge is 0.147 e. The molecule has 1 aromatic carbocycles. The zero-order chi connectivity index (χ0) is 12.5. The summed E-state index contributed by atoms with van der Waals surface area (Å²) in [5.74, 6) is 1.32. The number of nitrogens with zero attached hydrogens (tertiary/aromatic N) is 4. The molecule has 2 heterocycles. The summed E-state index contributed by atoms with van der Waals surface area (Å²) < 4.78 is 3.05. The number of phenols is 1. The van der Waals surface area contributed by atoms with Gasteiger partial charge in [-0.3, -0.25) is 4.90 Å². The average molecular weight is 309 g/mol. The van der Waals surface area contributed by atoms with Gasteiger partial charge in [-0.05, 0) is 18.2 Å². The molecule has 18 heavy (non-hydrogen) atoms. The number of benzene rings is 1. The second-order valence-corrected chi connectivity index (χ2v) is 5.34. The van der Waals surface area contributed by atoms with Crippen LogP contribution in [-0.2, 0) is 19.6 Å². The molecule has 1 N–H and O–H groups in total. The van der Waals surface area contributed by atoms with Crippen LogP contribution in [0.15, 0.2) is 29.0 Å². The lowest BCUT2D eigenvalue weighted by atomic mass is 10.2. The van der Waals surface area contributed by atoms with E-state index in [1.54, 1.807) is 12.4 Å². The summed E-state index contributed by atoms with van der Waals surface area (Å²) in [6, 6.07) is 5.51. The first-order valence-corrected chi connectivity index (χ1v) is 6.58. The maximum Gasteiger partial charge on any atom is 0.147 e. The quantitative estimate of drug-likeness (QED) is 0.918. The van der Waals surface area contributed by atoms with Crippen LogP contribution >= 0.6 is 15.9 Å². The van der Waals surface area contributed by atoms with E-state index < -0.39 is 0 Å². The highest BCUT2D eigenvalue weighted by atomic mass is 79.9. The van der Waals surface area contributed by atoms with Gasteiger partial charge in [-0.2, -0.15) is 0 Å². The van der Waals surface area contributed by atoms with Gasteiger partial charge in [0.25, 0.3) is 0 Å². The predicted octanol–water partition coefficient (Wildman–Crippen LogP) is 1.76. The highest BCUT2D eigenvalue weighted by molar-refractivity contribution is 9.10. The number of hydrogen-bond acceptors (Lipinski definition) is 4. The van der Waals surface area contributed by atoms with E-state index in [1.165, 1.54) is 0 Å². The molecule has 94 valence electrons. The van der Waals surface area contributed by atoms with Gasteiger partial charge in [-0.1, -0.05) is 15.9 Å². The van der Waals surface area contributed by atoms with Crippen molar-refractivity contribution in [1.82, 2.24) is 19.7 Å². The molecule has 1 aromatic heterocycles. The van der Waals surface area contributed by atoms with Crippen LogP contribution in [0.3, 0.4) is 0 Å². The molecule has 0 amide bonds. The van der Waals surface area contributed by atoms with Crippen LogP contribution in [0.2, 0.25) is 0 Å². The first-order chi connectivity index (χ1) is 8.72. The molecule has 6 heteroatoms. The molecule has 0 unspecified atom stereocenters. The Bertz CT molecular complexity index is 569. The standard InChI is InChI=1S/C12H13BrN4O/c13-10-1-2-11(18)9(5-10)6-16-3-4-17-8-14-15-12(17)7-16/h1-2,5,8,18H,3-4,6-7H2. The van der Waals surface area contributed by atoms with Crippen LogP contribution in [0.25, 0.3) is 0 Å². The Hall–Kier alpha value is -1.40. The Morgan fingerprint density at radius 3 is 3.11 bits per heavy atom. The summed E-state index contributed by atoms with van der Waals surface area (Å²) >= 11 is 3.42. The van der Waals surface area contributed by atoms with Crippen LogP contribution in [0.1, 0.15) is 11.4 Å². The average Bonchev–Trinajstić information content (AvgIpc) is 2.81. The summed E-state index contributed by atoms with van der Waals surface area (Å²) in [5, 5.41) is 17.8. The minimum Gasteiger partial charge on any atom is -0.508 e. The molecule has 1 aliphatic rings. The van der Waals surface area contributed by atoms with E-state index in [0.717, 1.165) is 42.0 Å². The normalized spacial score (nSPS) is 15.6. The second kappa shape index (κ2) is 4.70. The monoisotopic (exact) mass is 308 g/mol. The summed E-state index contributed by atoms with van der Waals surface area (Å²) in [6.07, 6.45) is 1.77. The number of hydrogen-bond donors (Lipinski definition) is 1. The molecule has 3 rings (SSSR count). The van der Waals surface area contributed by atoms with Gasteiger partial charge in [-0.25, -0.2) is 0 Å². The van der Waals surface area contributed by atoms with Crippen LogP contribution in [0, 0.1) is 0 Å². The third-order valence-electron chi connectivity index (χ3n) is 3.15. The Morgan fingerprint density at radius 2 is 2.22 bits per heavy atom. The zero-order valence-corrected chi connectivity index (χ0v) is 11.3. The van der Waals surface area contributed by atoms with E-state index in [9.17, 15) is 5.11 Å². The molecular formula is C12H13BrN4O. The first-order valence-electron chi connectivity index (χ1n) is 5.79. The fourth-order valence-electron chi connectivity index (χ4n) is 2.17.